The molecule has 5 nitrogen and oxygen atoms in total. The van der Waals surface area contributed by atoms with Crippen molar-refractivity contribution in [1.82, 2.24) is 0 Å². The summed E-state index contributed by atoms with van der Waals surface area (Å²) < 4.78 is 37.4. The van der Waals surface area contributed by atoms with Gasteiger partial charge in [-0.2, -0.15) is 13.2 Å². The lowest BCUT2D eigenvalue weighted by molar-refractivity contribution is -0.386. The number of carbonyl (C=O) groups is 1. The van der Waals surface area contributed by atoms with Crippen LogP contribution in [-0.4, -0.2) is 16.0 Å². The first-order chi connectivity index (χ1) is 8.07. The van der Waals surface area contributed by atoms with Crippen LogP contribution in [0, 0.1) is 17.0 Å². The molecule has 0 atom stereocenters. The van der Waals surface area contributed by atoms with Gasteiger partial charge in [0.2, 0.25) is 0 Å². The van der Waals surface area contributed by atoms with Crippen LogP contribution in [0.4, 0.5) is 18.9 Å². The van der Waals surface area contributed by atoms with Gasteiger partial charge in [0.05, 0.1) is 16.1 Å². The van der Waals surface area contributed by atoms with Crippen molar-refractivity contribution in [3.63, 3.8) is 0 Å². The minimum atomic E-state index is -4.86. The number of alkyl halides is 3. The molecule has 0 bridgehead atoms. The highest BCUT2D eigenvalue weighted by molar-refractivity contribution is 9.10. The molecule has 0 saturated heterocycles. The summed E-state index contributed by atoms with van der Waals surface area (Å²) in [5.74, 6) is -1.68. The first-order valence-corrected chi connectivity index (χ1v) is 5.14. The second-order valence-corrected chi connectivity index (χ2v) is 4.11. The Morgan fingerprint density at radius 2 is 2.00 bits per heavy atom. The maximum Gasteiger partial charge on any atom is 0.416 e. The Labute approximate surface area is 106 Å². The zero-order chi connectivity index (χ0) is 14.2. The molecule has 0 fully saturated rings. The number of rotatable bonds is 2. The van der Waals surface area contributed by atoms with Crippen molar-refractivity contribution in [3.8, 4) is 0 Å². The first-order valence-electron chi connectivity index (χ1n) is 4.35. The zero-order valence-electron chi connectivity index (χ0n) is 8.71. The molecule has 0 heterocycles. The molecule has 0 aromatic heterocycles. The van der Waals surface area contributed by atoms with E-state index in [2.05, 4.69) is 15.9 Å². The number of aromatic carboxylic acids is 1. The highest BCUT2D eigenvalue weighted by atomic mass is 79.9. The predicted molar refractivity (Wildman–Crippen MR) is 57.5 cm³/mol. The highest BCUT2D eigenvalue weighted by Gasteiger charge is 2.38. The molecule has 9 heteroatoms. The number of nitro groups is 1. The standard InChI is InChI=1S/C9H5BrF3NO4/c1-3-5(9(11,12)13)2-4(8(15)16)6(10)7(3)14(17)18/h2H,1H3,(H,15,16). The van der Waals surface area contributed by atoms with Gasteiger partial charge in [-0.25, -0.2) is 4.79 Å². The Balaban J connectivity index is 3.78. The van der Waals surface area contributed by atoms with Gasteiger partial charge in [0.25, 0.3) is 5.69 Å². The van der Waals surface area contributed by atoms with Crippen LogP contribution in [0.2, 0.25) is 0 Å². The van der Waals surface area contributed by atoms with Crippen LogP contribution in [0.3, 0.4) is 0 Å². The Morgan fingerprint density at radius 3 is 2.33 bits per heavy atom. The van der Waals surface area contributed by atoms with E-state index in [1.54, 1.807) is 0 Å². The number of benzene rings is 1. The fraction of sp³-hybridized carbons (Fsp3) is 0.222. The van der Waals surface area contributed by atoms with Crippen LogP contribution >= 0.6 is 15.9 Å². The molecule has 0 spiro atoms. The summed E-state index contributed by atoms with van der Waals surface area (Å²) in [6.45, 7) is 0.914. The minimum absolute atomic E-state index is 0.370. The molecule has 0 saturated carbocycles. The molecule has 1 N–H and O–H groups in total. The van der Waals surface area contributed by atoms with Gasteiger partial charge in [0, 0.05) is 5.56 Å². The summed E-state index contributed by atoms with van der Waals surface area (Å²) in [5, 5.41) is 19.4. The van der Waals surface area contributed by atoms with E-state index >= 15 is 0 Å². The molecule has 0 radical (unpaired) electrons. The molecule has 0 aliphatic carbocycles. The van der Waals surface area contributed by atoms with Crippen molar-refractivity contribution in [1.29, 1.82) is 0 Å². The molecule has 0 aliphatic heterocycles. The van der Waals surface area contributed by atoms with Crippen molar-refractivity contribution in [3.05, 3.63) is 37.3 Å². The topological polar surface area (TPSA) is 80.4 Å². The molecular weight excluding hydrogens is 323 g/mol. The summed E-state index contributed by atoms with van der Waals surface area (Å²) in [7, 11) is 0. The molecule has 0 amide bonds. The highest BCUT2D eigenvalue weighted by Crippen LogP contribution is 2.41. The maximum atomic E-state index is 12.6. The van der Waals surface area contributed by atoms with Gasteiger partial charge >= 0.3 is 12.1 Å². The Bertz CT molecular complexity index is 542. The lowest BCUT2D eigenvalue weighted by Crippen LogP contribution is -2.13. The molecule has 18 heavy (non-hydrogen) atoms. The van der Waals surface area contributed by atoms with Crippen LogP contribution in [0.5, 0.6) is 0 Å². The minimum Gasteiger partial charge on any atom is -0.478 e. The number of nitro benzene ring substituents is 1. The number of nitrogens with zero attached hydrogens (tertiary/aromatic N) is 1. The van der Waals surface area contributed by atoms with Crippen LogP contribution in [0.15, 0.2) is 10.5 Å². The molecule has 1 rings (SSSR count). The van der Waals surface area contributed by atoms with Gasteiger partial charge in [-0.1, -0.05) is 0 Å². The lowest BCUT2D eigenvalue weighted by atomic mass is 10.0. The Kier molecular flexibility index (Phi) is 3.65. The maximum absolute atomic E-state index is 12.6. The first kappa shape index (κ1) is 14.4. The van der Waals surface area contributed by atoms with Gasteiger partial charge in [0.1, 0.15) is 4.47 Å². The fourth-order valence-corrected chi connectivity index (χ4v) is 2.13. The van der Waals surface area contributed by atoms with E-state index < -0.39 is 43.9 Å². The second-order valence-electron chi connectivity index (χ2n) is 3.32. The van der Waals surface area contributed by atoms with Crippen LogP contribution in [0.25, 0.3) is 0 Å². The zero-order valence-corrected chi connectivity index (χ0v) is 10.3. The smallest absolute Gasteiger partial charge is 0.416 e. The normalized spacial score (nSPS) is 11.4. The summed E-state index contributed by atoms with van der Waals surface area (Å²) in [6, 6.07) is 0.370. The Morgan fingerprint density at radius 1 is 1.50 bits per heavy atom. The summed E-state index contributed by atoms with van der Waals surface area (Å²) in [4.78, 5) is 20.4. The summed E-state index contributed by atoms with van der Waals surface area (Å²) in [5.41, 5.74) is -3.68. The average molecular weight is 328 g/mol. The van der Waals surface area contributed by atoms with E-state index in [4.69, 9.17) is 5.11 Å². The van der Waals surface area contributed by atoms with Crippen LogP contribution in [-0.2, 0) is 6.18 Å². The van der Waals surface area contributed by atoms with Crippen LogP contribution < -0.4 is 0 Å². The van der Waals surface area contributed by atoms with Crippen LogP contribution in [0.1, 0.15) is 21.5 Å². The number of hydrogen-bond acceptors (Lipinski definition) is 3. The van der Waals surface area contributed by atoms with Gasteiger partial charge in [-0.15, -0.1) is 0 Å². The molecule has 0 aliphatic rings. The molecular formula is C9H5BrF3NO4. The molecule has 1 aromatic carbocycles. The number of hydrogen-bond donors (Lipinski definition) is 1. The summed E-state index contributed by atoms with van der Waals surface area (Å²) in [6.07, 6.45) is -4.86. The van der Waals surface area contributed by atoms with Gasteiger partial charge in [-0.3, -0.25) is 10.1 Å². The van der Waals surface area contributed by atoms with E-state index in [0.29, 0.717) is 6.07 Å². The number of halogens is 4. The van der Waals surface area contributed by atoms with Crippen molar-refractivity contribution in [2.24, 2.45) is 0 Å². The van der Waals surface area contributed by atoms with E-state index in [1.807, 2.05) is 0 Å². The van der Waals surface area contributed by atoms with E-state index in [9.17, 15) is 28.1 Å². The molecule has 98 valence electrons. The number of carboxylic acids is 1. The molecule has 0 unspecified atom stereocenters. The second kappa shape index (κ2) is 4.56. The lowest BCUT2D eigenvalue weighted by Gasteiger charge is -2.12. The van der Waals surface area contributed by atoms with E-state index in [0.717, 1.165) is 6.92 Å². The third-order valence-corrected chi connectivity index (χ3v) is 3.01. The van der Waals surface area contributed by atoms with Gasteiger partial charge in [0.15, 0.2) is 0 Å². The Hall–Kier alpha value is -1.64. The quantitative estimate of drug-likeness (QED) is 0.667. The van der Waals surface area contributed by atoms with Crippen molar-refractivity contribution >= 4 is 27.6 Å². The monoisotopic (exact) mass is 327 g/mol. The largest absolute Gasteiger partial charge is 0.478 e. The van der Waals surface area contributed by atoms with Crippen molar-refractivity contribution in [2.75, 3.05) is 0 Å². The third-order valence-electron chi connectivity index (χ3n) is 2.21. The SMILES string of the molecule is Cc1c(C(F)(F)F)cc(C(=O)O)c(Br)c1[N+](=O)[O-]. The molecule has 1 aromatic rings. The van der Waals surface area contributed by atoms with Crippen molar-refractivity contribution < 1.29 is 28.0 Å². The summed E-state index contributed by atoms with van der Waals surface area (Å²) >= 11 is 2.64. The van der Waals surface area contributed by atoms with E-state index in [-0.39, 0.29) is 0 Å². The number of carboxylic acid groups (broad SMARTS) is 1. The average Bonchev–Trinajstić information content (AvgIpc) is 2.13. The predicted octanol–water partition coefficient (Wildman–Crippen LogP) is 3.38. The van der Waals surface area contributed by atoms with Crippen molar-refractivity contribution in [2.45, 2.75) is 13.1 Å². The fourth-order valence-electron chi connectivity index (χ4n) is 1.40. The van der Waals surface area contributed by atoms with E-state index in [1.165, 1.54) is 0 Å². The van der Waals surface area contributed by atoms with Gasteiger partial charge < -0.3 is 5.11 Å². The third kappa shape index (κ3) is 2.45. The van der Waals surface area contributed by atoms with Gasteiger partial charge in [-0.05, 0) is 28.9 Å².